The van der Waals surface area contributed by atoms with Gasteiger partial charge in [-0.1, -0.05) is 0 Å². The second-order valence-corrected chi connectivity index (χ2v) is 3.32. The molecular weight excluding hydrogens is 233 g/mol. The Morgan fingerprint density at radius 2 is 1.76 bits per heavy atom. The van der Waals surface area contributed by atoms with Crippen molar-refractivity contribution >= 4 is 0 Å². The van der Waals surface area contributed by atoms with Crippen LogP contribution in [0.4, 0.5) is 13.2 Å². The van der Waals surface area contributed by atoms with Crippen LogP contribution in [-0.4, -0.2) is 16.9 Å². The SMILES string of the molecule is COc1ccc(-n2nccc2C(F)(F)F)cc1. The molecule has 0 aliphatic carbocycles. The number of alkyl halides is 3. The molecule has 0 N–H and O–H groups in total. The third-order valence-electron chi connectivity index (χ3n) is 2.25. The molecular formula is C11H9F3N2O. The lowest BCUT2D eigenvalue weighted by molar-refractivity contribution is -0.142. The molecule has 2 rings (SSSR count). The van der Waals surface area contributed by atoms with Crippen LogP contribution in [-0.2, 0) is 6.18 Å². The van der Waals surface area contributed by atoms with E-state index in [0.717, 1.165) is 16.9 Å². The Morgan fingerprint density at radius 3 is 2.29 bits per heavy atom. The van der Waals surface area contributed by atoms with Crippen LogP contribution in [0.5, 0.6) is 5.75 Å². The smallest absolute Gasteiger partial charge is 0.433 e. The summed E-state index contributed by atoms with van der Waals surface area (Å²) in [6.07, 6.45) is -3.30. The van der Waals surface area contributed by atoms with Crippen LogP contribution in [0, 0.1) is 0 Å². The molecule has 1 aromatic carbocycles. The summed E-state index contributed by atoms with van der Waals surface area (Å²) in [5.74, 6) is 0.578. The van der Waals surface area contributed by atoms with E-state index in [4.69, 9.17) is 4.74 Å². The number of halogens is 3. The Balaban J connectivity index is 2.43. The predicted molar refractivity (Wildman–Crippen MR) is 55.1 cm³/mol. The van der Waals surface area contributed by atoms with E-state index in [1.807, 2.05) is 0 Å². The molecule has 0 unspecified atom stereocenters. The second-order valence-electron chi connectivity index (χ2n) is 3.32. The largest absolute Gasteiger partial charge is 0.497 e. The minimum atomic E-state index is -4.42. The number of benzene rings is 1. The van der Waals surface area contributed by atoms with E-state index in [0.29, 0.717) is 11.4 Å². The molecule has 0 saturated carbocycles. The van der Waals surface area contributed by atoms with Crippen molar-refractivity contribution in [1.82, 2.24) is 9.78 Å². The summed E-state index contributed by atoms with van der Waals surface area (Å²) in [6, 6.07) is 7.13. The molecule has 0 aliphatic rings. The molecule has 0 spiro atoms. The molecule has 1 heterocycles. The molecule has 0 atom stereocenters. The Morgan fingerprint density at radius 1 is 1.12 bits per heavy atom. The van der Waals surface area contributed by atoms with Crippen molar-refractivity contribution in [2.24, 2.45) is 0 Å². The number of hydrogen-bond acceptors (Lipinski definition) is 2. The molecule has 0 amide bonds. The van der Waals surface area contributed by atoms with Gasteiger partial charge in [0.05, 0.1) is 19.0 Å². The predicted octanol–water partition coefficient (Wildman–Crippen LogP) is 2.90. The quantitative estimate of drug-likeness (QED) is 0.809. The van der Waals surface area contributed by atoms with Gasteiger partial charge in [-0.15, -0.1) is 0 Å². The number of nitrogens with zero attached hydrogens (tertiary/aromatic N) is 2. The van der Waals surface area contributed by atoms with Gasteiger partial charge in [0.2, 0.25) is 0 Å². The van der Waals surface area contributed by atoms with Crippen molar-refractivity contribution < 1.29 is 17.9 Å². The lowest BCUT2D eigenvalue weighted by Gasteiger charge is -2.10. The van der Waals surface area contributed by atoms with E-state index < -0.39 is 11.9 Å². The summed E-state index contributed by atoms with van der Waals surface area (Å²) in [5, 5.41) is 3.66. The van der Waals surface area contributed by atoms with Crippen LogP contribution >= 0.6 is 0 Å². The minimum Gasteiger partial charge on any atom is -0.497 e. The van der Waals surface area contributed by atoms with Crippen molar-refractivity contribution in [3.05, 3.63) is 42.2 Å². The van der Waals surface area contributed by atoms with E-state index in [9.17, 15) is 13.2 Å². The zero-order chi connectivity index (χ0) is 12.5. The fourth-order valence-electron chi connectivity index (χ4n) is 1.45. The number of methoxy groups -OCH3 is 1. The lowest BCUT2D eigenvalue weighted by atomic mass is 10.3. The molecule has 17 heavy (non-hydrogen) atoms. The third-order valence-corrected chi connectivity index (χ3v) is 2.25. The minimum absolute atomic E-state index is 0.336. The Hall–Kier alpha value is -1.98. The number of hydrogen-bond donors (Lipinski definition) is 0. The van der Waals surface area contributed by atoms with Gasteiger partial charge in [-0.2, -0.15) is 18.3 Å². The van der Waals surface area contributed by atoms with E-state index in [1.54, 1.807) is 12.1 Å². The van der Waals surface area contributed by atoms with Gasteiger partial charge in [0.1, 0.15) is 11.4 Å². The fraction of sp³-hybridized carbons (Fsp3) is 0.182. The molecule has 2 aromatic rings. The topological polar surface area (TPSA) is 27.1 Å². The molecule has 3 nitrogen and oxygen atoms in total. The summed E-state index contributed by atoms with van der Waals surface area (Å²) in [6.45, 7) is 0. The van der Waals surface area contributed by atoms with Gasteiger partial charge in [-0.25, -0.2) is 4.68 Å². The van der Waals surface area contributed by atoms with Gasteiger partial charge in [0, 0.05) is 0 Å². The first-order valence-corrected chi connectivity index (χ1v) is 4.78. The van der Waals surface area contributed by atoms with Crippen molar-refractivity contribution in [2.45, 2.75) is 6.18 Å². The Kier molecular flexibility index (Phi) is 2.79. The van der Waals surface area contributed by atoms with Gasteiger partial charge in [0.15, 0.2) is 0 Å². The van der Waals surface area contributed by atoms with Crippen LogP contribution in [0.1, 0.15) is 5.69 Å². The maximum atomic E-state index is 12.6. The maximum Gasteiger partial charge on any atom is 0.433 e. The highest BCUT2D eigenvalue weighted by Crippen LogP contribution is 2.30. The van der Waals surface area contributed by atoms with Crippen molar-refractivity contribution in [1.29, 1.82) is 0 Å². The van der Waals surface area contributed by atoms with Crippen molar-refractivity contribution in [3.8, 4) is 11.4 Å². The summed E-state index contributed by atoms with van der Waals surface area (Å²) < 4.78 is 43.7. The molecule has 90 valence electrons. The molecule has 0 saturated heterocycles. The van der Waals surface area contributed by atoms with Crippen molar-refractivity contribution in [2.75, 3.05) is 7.11 Å². The van der Waals surface area contributed by atoms with Crippen LogP contribution in [0.3, 0.4) is 0 Å². The molecule has 0 radical (unpaired) electrons. The van der Waals surface area contributed by atoms with Crippen molar-refractivity contribution in [3.63, 3.8) is 0 Å². The average molecular weight is 242 g/mol. The molecule has 1 aromatic heterocycles. The fourth-order valence-corrected chi connectivity index (χ4v) is 1.45. The molecule has 0 bridgehead atoms. The highest BCUT2D eigenvalue weighted by molar-refractivity contribution is 5.38. The first kappa shape index (κ1) is 11.5. The maximum absolute atomic E-state index is 12.6. The highest BCUT2D eigenvalue weighted by Gasteiger charge is 2.35. The van der Waals surface area contributed by atoms with E-state index in [2.05, 4.69) is 5.10 Å². The van der Waals surface area contributed by atoms with E-state index in [-0.39, 0.29) is 0 Å². The van der Waals surface area contributed by atoms with Gasteiger partial charge in [-0.05, 0) is 30.3 Å². The Bertz CT molecular complexity index is 502. The summed E-state index contributed by atoms with van der Waals surface area (Å²) in [7, 11) is 1.49. The molecule has 0 aliphatic heterocycles. The normalized spacial score (nSPS) is 11.5. The lowest BCUT2D eigenvalue weighted by Crippen LogP contribution is -2.13. The molecule has 6 heteroatoms. The van der Waals surface area contributed by atoms with Crippen LogP contribution in [0.25, 0.3) is 5.69 Å². The van der Waals surface area contributed by atoms with Gasteiger partial charge in [0.25, 0.3) is 0 Å². The standard InChI is InChI=1S/C11H9F3N2O/c1-17-9-4-2-8(3-5-9)16-10(6-7-15-16)11(12,13)14/h2-7H,1H3. The summed E-state index contributed by atoms with van der Waals surface area (Å²) >= 11 is 0. The van der Waals surface area contributed by atoms with E-state index >= 15 is 0 Å². The number of aromatic nitrogens is 2. The average Bonchev–Trinajstić information content (AvgIpc) is 2.78. The highest BCUT2D eigenvalue weighted by atomic mass is 19.4. The number of ether oxygens (including phenoxy) is 1. The second kappa shape index (κ2) is 4.12. The zero-order valence-electron chi connectivity index (χ0n) is 8.90. The van der Waals surface area contributed by atoms with Crippen LogP contribution < -0.4 is 4.74 Å². The van der Waals surface area contributed by atoms with Crippen LogP contribution in [0.15, 0.2) is 36.5 Å². The molecule has 0 fully saturated rings. The van der Waals surface area contributed by atoms with Crippen LogP contribution in [0.2, 0.25) is 0 Å². The summed E-state index contributed by atoms with van der Waals surface area (Å²) in [4.78, 5) is 0. The monoisotopic (exact) mass is 242 g/mol. The first-order valence-electron chi connectivity index (χ1n) is 4.78. The van der Waals surface area contributed by atoms with Gasteiger partial charge >= 0.3 is 6.18 Å². The third kappa shape index (κ3) is 2.25. The van der Waals surface area contributed by atoms with Gasteiger partial charge in [-0.3, -0.25) is 0 Å². The van der Waals surface area contributed by atoms with E-state index in [1.165, 1.54) is 19.2 Å². The summed E-state index contributed by atoms with van der Waals surface area (Å²) in [5.41, 5.74) is -0.467. The number of rotatable bonds is 2. The van der Waals surface area contributed by atoms with Gasteiger partial charge < -0.3 is 4.74 Å². The Labute approximate surface area is 95.4 Å². The first-order chi connectivity index (χ1) is 8.02. The zero-order valence-corrected chi connectivity index (χ0v) is 8.90.